The van der Waals surface area contributed by atoms with Crippen molar-refractivity contribution in [1.82, 2.24) is 15.0 Å². The van der Waals surface area contributed by atoms with Crippen molar-refractivity contribution in [2.75, 3.05) is 11.9 Å². The Morgan fingerprint density at radius 1 is 1.16 bits per heavy atom. The Kier molecular flexibility index (Phi) is 5.75. The molecular formula is C25H30N4O3. The maximum Gasteiger partial charge on any atom is 0.340 e. The number of ether oxygens (including phenoxy) is 2. The molecule has 0 saturated heterocycles. The highest BCUT2D eigenvalue weighted by Gasteiger charge is 2.40. The van der Waals surface area contributed by atoms with Gasteiger partial charge in [0.25, 0.3) is 0 Å². The molecule has 32 heavy (non-hydrogen) atoms. The number of rotatable bonds is 6. The normalized spacial score (nSPS) is 18.1. The van der Waals surface area contributed by atoms with Gasteiger partial charge < -0.3 is 14.8 Å². The van der Waals surface area contributed by atoms with Crippen LogP contribution >= 0.6 is 0 Å². The van der Waals surface area contributed by atoms with Crippen molar-refractivity contribution >= 4 is 28.4 Å². The number of aromatic nitrogens is 3. The third kappa shape index (κ3) is 3.87. The molecule has 1 aliphatic heterocycles. The molecule has 0 radical (unpaired) electrons. The first-order valence-electron chi connectivity index (χ1n) is 11.2. The van der Waals surface area contributed by atoms with Crippen LogP contribution in [0.5, 0.6) is 5.88 Å². The van der Waals surface area contributed by atoms with Gasteiger partial charge in [-0.3, -0.25) is 0 Å². The SMILES string of the molecule is CCOc1ncc(C(C)CC)c2cc(Nc3ccc4c(n3)[C@@H](C)C(C)(C)OC4=O)ncc12. The number of nitrogens with one attached hydrogen (secondary N) is 1. The van der Waals surface area contributed by atoms with Gasteiger partial charge in [-0.25, -0.2) is 19.7 Å². The van der Waals surface area contributed by atoms with E-state index in [1.165, 1.54) is 0 Å². The molecule has 168 valence electrons. The maximum absolute atomic E-state index is 12.4. The summed E-state index contributed by atoms with van der Waals surface area (Å²) in [5.41, 5.74) is 1.80. The molecule has 1 unspecified atom stereocenters. The molecule has 1 aliphatic rings. The van der Waals surface area contributed by atoms with E-state index in [1.807, 2.05) is 40.0 Å². The molecule has 0 aliphatic carbocycles. The minimum absolute atomic E-state index is 0.0293. The Morgan fingerprint density at radius 3 is 2.66 bits per heavy atom. The zero-order valence-electron chi connectivity index (χ0n) is 19.5. The number of pyridine rings is 3. The smallest absolute Gasteiger partial charge is 0.340 e. The van der Waals surface area contributed by atoms with Crippen molar-refractivity contribution < 1.29 is 14.3 Å². The van der Waals surface area contributed by atoms with Gasteiger partial charge in [0.1, 0.15) is 17.2 Å². The van der Waals surface area contributed by atoms with Crippen LogP contribution in [0.1, 0.15) is 81.4 Å². The summed E-state index contributed by atoms with van der Waals surface area (Å²) in [7, 11) is 0. The van der Waals surface area contributed by atoms with Gasteiger partial charge in [0, 0.05) is 18.3 Å². The number of hydrogen-bond acceptors (Lipinski definition) is 7. The first-order valence-corrected chi connectivity index (χ1v) is 11.2. The van der Waals surface area contributed by atoms with Gasteiger partial charge in [-0.1, -0.05) is 20.8 Å². The van der Waals surface area contributed by atoms with Crippen LogP contribution in [-0.2, 0) is 4.74 Å². The van der Waals surface area contributed by atoms with Crippen molar-refractivity contribution in [3.05, 3.63) is 47.4 Å². The molecule has 7 heteroatoms. The van der Waals surface area contributed by atoms with E-state index in [2.05, 4.69) is 29.1 Å². The van der Waals surface area contributed by atoms with Gasteiger partial charge >= 0.3 is 5.97 Å². The molecule has 4 rings (SSSR count). The fourth-order valence-electron chi connectivity index (χ4n) is 3.95. The van der Waals surface area contributed by atoms with Crippen molar-refractivity contribution in [1.29, 1.82) is 0 Å². The predicted octanol–water partition coefficient (Wildman–Crippen LogP) is 5.73. The molecule has 0 saturated carbocycles. The topological polar surface area (TPSA) is 86.2 Å². The van der Waals surface area contributed by atoms with Crippen molar-refractivity contribution in [3.8, 4) is 5.88 Å². The van der Waals surface area contributed by atoms with E-state index in [9.17, 15) is 4.79 Å². The van der Waals surface area contributed by atoms with Gasteiger partial charge in [-0.15, -0.1) is 0 Å². The number of carbonyl (C=O) groups is 1. The molecule has 1 N–H and O–H groups in total. The van der Waals surface area contributed by atoms with E-state index in [0.717, 1.165) is 28.5 Å². The van der Waals surface area contributed by atoms with E-state index >= 15 is 0 Å². The van der Waals surface area contributed by atoms with E-state index in [4.69, 9.17) is 14.5 Å². The molecule has 4 heterocycles. The van der Waals surface area contributed by atoms with Crippen LogP contribution in [0.25, 0.3) is 10.8 Å². The minimum atomic E-state index is -0.606. The molecule has 7 nitrogen and oxygen atoms in total. The second-order valence-electron chi connectivity index (χ2n) is 8.85. The Labute approximate surface area is 188 Å². The van der Waals surface area contributed by atoms with Crippen molar-refractivity contribution in [2.24, 2.45) is 0 Å². The van der Waals surface area contributed by atoms with Gasteiger partial charge in [0.05, 0.1) is 23.3 Å². The summed E-state index contributed by atoms with van der Waals surface area (Å²) in [5.74, 6) is 1.89. The van der Waals surface area contributed by atoms with Crippen molar-refractivity contribution in [3.63, 3.8) is 0 Å². The molecule has 0 spiro atoms. The zero-order valence-corrected chi connectivity index (χ0v) is 19.5. The number of carbonyl (C=O) groups excluding carboxylic acids is 1. The number of anilines is 2. The highest BCUT2D eigenvalue weighted by molar-refractivity contribution is 5.93. The summed E-state index contributed by atoms with van der Waals surface area (Å²) in [6.45, 7) is 12.7. The monoisotopic (exact) mass is 434 g/mol. The van der Waals surface area contributed by atoms with Crippen LogP contribution in [0, 0.1) is 0 Å². The maximum atomic E-state index is 12.4. The fourth-order valence-corrected chi connectivity index (χ4v) is 3.95. The van der Waals surface area contributed by atoms with E-state index in [1.54, 1.807) is 18.3 Å². The number of esters is 1. The Balaban J connectivity index is 1.74. The molecule has 3 aromatic heterocycles. The molecule has 3 aromatic rings. The van der Waals surface area contributed by atoms with Crippen LogP contribution in [-0.4, -0.2) is 33.1 Å². The number of nitrogens with zero attached hydrogens (tertiary/aromatic N) is 3. The lowest BCUT2D eigenvalue weighted by Gasteiger charge is -2.36. The highest BCUT2D eigenvalue weighted by Crippen LogP contribution is 2.38. The van der Waals surface area contributed by atoms with Crippen LogP contribution in [0.2, 0.25) is 0 Å². The van der Waals surface area contributed by atoms with E-state index < -0.39 is 5.60 Å². The highest BCUT2D eigenvalue weighted by atomic mass is 16.6. The van der Waals surface area contributed by atoms with Crippen molar-refractivity contribution in [2.45, 2.75) is 65.4 Å². The summed E-state index contributed by atoms with van der Waals surface area (Å²) in [5, 5.41) is 5.27. The van der Waals surface area contributed by atoms with Crippen LogP contribution in [0.15, 0.2) is 30.6 Å². The van der Waals surface area contributed by atoms with E-state index in [0.29, 0.717) is 35.6 Å². The minimum Gasteiger partial charge on any atom is -0.477 e. The number of hydrogen-bond donors (Lipinski definition) is 1. The quantitative estimate of drug-likeness (QED) is 0.496. The first kappa shape index (κ1) is 22.0. The Hall–Kier alpha value is -3.22. The number of fused-ring (bicyclic) bond motifs is 2. The summed E-state index contributed by atoms with van der Waals surface area (Å²) in [6, 6.07) is 5.57. The second-order valence-corrected chi connectivity index (χ2v) is 8.85. The van der Waals surface area contributed by atoms with E-state index in [-0.39, 0.29) is 11.9 Å². The summed E-state index contributed by atoms with van der Waals surface area (Å²) in [4.78, 5) is 26.2. The molecular weight excluding hydrogens is 404 g/mol. The van der Waals surface area contributed by atoms with Crippen LogP contribution in [0.4, 0.5) is 11.6 Å². The second kappa shape index (κ2) is 8.37. The molecule has 2 atom stereocenters. The molecule has 0 bridgehead atoms. The standard InChI is InChI=1S/C25H30N4O3/c1-7-14(3)18-12-27-23(31-8-2)19-13-26-21(11-17(18)19)28-20-10-9-16-22(29-20)15(4)25(5,6)32-24(16)30/h9-15H,7-8H2,1-6H3,(H,26,28,29)/t14?,15-/m1/s1. The van der Waals surface area contributed by atoms with Gasteiger partial charge in [0.15, 0.2) is 0 Å². The fraction of sp³-hybridized carbons (Fsp3) is 0.440. The third-order valence-corrected chi connectivity index (χ3v) is 6.40. The summed E-state index contributed by atoms with van der Waals surface area (Å²) in [6.07, 6.45) is 4.70. The lowest BCUT2D eigenvalue weighted by atomic mass is 9.84. The first-order chi connectivity index (χ1) is 15.2. The Morgan fingerprint density at radius 2 is 1.94 bits per heavy atom. The zero-order chi connectivity index (χ0) is 23.0. The summed E-state index contributed by atoms with van der Waals surface area (Å²) >= 11 is 0. The lowest BCUT2D eigenvalue weighted by molar-refractivity contribution is -0.0189. The molecule has 0 fully saturated rings. The average Bonchev–Trinajstić information content (AvgIpc) is 2.77. The number of cyclic esters (lactones) is 1. The summed E-state index contributed by atoms with van der Waals surface area (Å²) < 4.78 is 11.3. The Bertz CT molecular complexity index is 1180. The predicted molar refractivity (Wildman–Crippen MR) is 125 cm³/mol. The average molecular weight is 435 g/mol. The van der Waals surface area contributed by atoms with Gasteiger partial charge in [-0.2, -0.15) is 0 Å². The van der Waals surface area contributed by atoms with Crippen LogP contribution in [0.3, 0.4) is 0 Å². The lowest BCUT2D eigenvalue weighted by Crippen LogP contribution is -2.39. The molecule has 0 amide bonds. The largest absolute Gasteiger partial charge is 0.477 e. The van der Waals surface area contributed by atoms with Crippen LogP contribution < -0.4 is 10.1 Å². The van der Waals surface area contributed by atoms with Gasteiger partial charge in [-0.05, 0) is 62.3 Å². The molecule has 0 aromatic carbocycles. The third-order valence-electron chi connectivity index (χ3n) is 6.40. The van der Waals surface area contributed by atoms with Gasteiger partial charge in [0.2, 0.25) is 5.88 Å².